The van der Waals surface area contributed by atoms with Gasteiger partial charge in [-0.15, -0.1) is 11.3 Å². The fourth-order valence-electron chi connectivity index (χ4n) is 2.72. The Hall–Kier alpha value is -2.08. The van der Waals surface area contributed by atoms with Crippen molar-refractivity contribution in [2.24, 2.45) is 0 Å². The van der Waals surface area contributed by atoms with Gasteiger partial charge in [-0.25, -0.2) is 9.78 Å². The second-order valence-electron chi connectivity index (χ2n) is 5.61. The zero-order chi connectivity index (χ0) is 15.9. The minimum atomic E-state index is 0.0526. The molecule has 1 aliphatic heterocycles. The van der Waals surface area contributed by atoms with E-state index in [1.165, 1.54) is 5.56 Å². The minimum Gasteiger partial charge on any atom is -0.345 e. The molecule has 23 heavy (non-hydrogen) atoms. The van der Waals surface area contributed by atoms with Crippen molar-refractivity contribution < 1.29 is 4.79 Å². The fourth-order valence-corrected chi connectivity index (χ4v) is 3.41. The molecule has 1 aliphatic rings. The minimum absolute atomic E-state index is 0.0526. The van der Waals surface area contributed by atoms with Gasteiger partial charge in [0, 0.05) is 44.3 Å². The van der Waals surface area contributed by atoms with E-state index in [1.54, 1.807) is 11.3 Å². The van der Waals surface area contributed by atoms with Gasteiger partial charge >= 0.3 is 6.03 Å². The van der Waals surface area contributed by atoms with Crippen molar-refractivity contribution in [2.45, 2.75) is 12.8 Å². The Bertz CT molecular complexity index is 594. The quantitative estimate of drug-likeness (QED) is 0.857. The summed E-state index contributed by atoms with van der Waals surface area (Å²) in [6.45, 7) is 3.94. The van der Waals surface area contributed by atoms with Crippen LogP contribution in [0.3, 0.4) is 0 Å². The zero-order valence-corrected chi connectivity index (χ0v) is 14.0. The summed E-state index contributed by atoms with van der Waals surface area (Å²) in [5.41, 5.74) is 1.32. The molecule has 0 bridgehead atoms. The molecule has 2 heterocycles. The maximum Gasteiger partial charge on any atom is 0.317 e. The molecule has 1 saturated heterocycles. The molecule has 3 rings (SSSR count). The first kappa shape index (κ1) is 15.8. The number of aryl methyl sites for hydroxylation is 1. The number of hydrogen-bond acceptors (Lipinski definition) is 4. The van der Waals surface area contributed by atoms with Crippen LogP contribution < -0.4 is 10.2 Å². The van der Waals surface area contributed by atoms with Gasteiger partial charge in [-0.1, -0.05) is 30.3 Å². The van der Waals surface area contributed by atoms with Gasteiger partial charge in [0.15, 0.2) is 5.13 Å². The molecule has 1 aromatic heterocycles. The molecule has 2 amide bonds. The number of piperazine rings is 1. The highest BCUT2D eigenvalue weighted by molar-refractivity contribution is 7.13. The number of amides is 2. The van der Waals surface area contributed by atoms with Crippen LogP contribution in [-0.4, -0.2) is 48.6 Å². The van der Waals surface area contributed by atoms with Crippen molar-refractivity contribution in [3.05, 3.63) is 47.5 Å². The van der Waals surface area contributed by atoms with Crippen molar-refractivity contribution in [1.29, 1.82) is 0 Å². The number of urea groups is 1. The number of benzene rings is 1. The molecule has 0 spiro atoms. The lowest BCUT2D eigenvalue weighted by molar-refractivity contribution is 0.194. The van der Waals surface area contributed by atoms with Crippen molar-refractivity contribution in [3.8, 4) is 0 Å². The summed E-state index contributed by atoms with van der Waals surface area (Å²) in [4.78, 5) is 20.6. The molecular weight excluding hydrogens is 308 g/mol. The summed E-state index contributed by atoms with van der Waals surface area (Å²) in [6.07, 6.45) is 3.79. The highest BCUT2D eigenvalue weighted by Crippen LogP contribution is 2.18. The van der Waals surface area contributed by atoms with Gasteiger partial charge < -0.3 is 15.1 Å². The molecule has 1 N–H and O–H groups in total. The van der Waals surface area contributed by atoms with Crippen molar-refractivity contribution in [2.75, 3.05) is 37.6 Å². The fraction of sp³-hybridized carbons (Fsp3) is 0.412. The molecule has 0 radical (unpaired) electrons. The van der Waals surface area contributed by atoms with Crippen LogP contribution in [0.25, 0.3) is 0 Å². The number of aromatic nitrogens is 1. The molecule has 1 aromatic carbocycles. The molecule has 0 aliphatic carbocycles. The van der Waals surface area contributed by atoms with Crippen LogP contribution in [0.2, 0.25) is 0 Å². The van der Waals surface area contributed by atoms with Crippen LogP contribution in [0.4, 0.5) is 9.93 Å². The highest BCUT2D eigenvalue weighted by Gasteiger charge is 2.21. The third-order valence-corrected chi connectivity index (χ3v) is 4.85. The first-order chi connectivity index (χ1) is 11.3. The maximum absolute atomic E-state index is 12.2. The van der Waals surface area contributed by atoms with E-state index in [4.69, 9.17) is 0 Å². The second-order valence-corrected chi connectivity index (χ2v) is 6.48. The summed E-state index contributed by atoms with van der Waals surface area (Å²) >= 11 is 1.65. The number of thiazole rings is 1. The van der Waals surface area contributed by atoms with Crippen LogP contribution in [-0.2, 0) is 6.42 Å². The number of anilines is 1. The average Bonchev–Trinajstić information content (AvgIpc) is 3.14. The Balaban J connectivity index is 1.35. The molecule has 0 unspecified atom stereocenters. The summed E-state index contributed by atoms with van der Waals surface area (Å²) in [6, 6.07) is 10.4. The summed E-state index contributed by atoms with van der Waals surface area (Å²) < 4.78 is 0. The molecule has 6 heteroatoms. The summed E-state index contributed by atoms with van der Waals surface area (Å²) in [7, 11) is 0. The van der Waals surface area contributed by atoms with E-state index in [0.29, 0.717) is 0 Å². The lowest BCUT2D eigenvalue weighted by Crippen LogP contribution is -2.52. The van der Waals surface area contributed by atoms with Crippen molar-refractivity contribution >= 4 is 22.5 Å². The van der Waals surface area contributed by atoms with Crippen molar-refractivity contribution in [1.82, 2.24) is 15.2 Å². The SMILES string of the molecule is O=C(NCCCc1ccccc1)N1CCN(c2nccs2)CC1. The smallest absolute Gasteiger partial charge is 0.317 e. The number of carbonyl (C=O) groups is 1. The van der Waals surface area contributed by atoms with Crippen LogP contribution >= 0.6 is 11.3 Å². The summed E-state index contributed by atoms with van der Waals surface area (Å²) in [5, 5.41) is 6.06. The standard InChI is InChI=1S/C17H22N4OS/c22-16(18-8-4-7-15-5-2-1-3-6-15)20-10-12-21(13-11-20)17-19-9-14-23-17/h1-3,5-6,9,14H,4,7-8,10-13H2,(H,18,22). The molecule has 0 atom stereocenters. The Morgan fingerprint density at radius 2 is 1.96 bits per heavy atom. The van der Waals surface area contributed by atoms with Gasteiger partial charge in [-0.05, 0) is 18.4 Å². The topological polar surface area (TPSA) is 48.5 Å². The second kappa shape index (κ2) is 7.97. The molecule has 1 fully saturated rings. The van der Waals surface area contributed by atoms with Crippen LogP contribution in [0.1, 0.15) is 12.0 Å². The number of hydrogen-bond donors (Lipinski definition) is 1. The Kier molecular flexibility index (Phi) is 5.47. The van der Waals surface area contributed by atoms with E-state index in [-0.39, 0.29) is 6.03 Å². The third-order valence-electron chi connectivity index (χ3n) is 4.02. The average molecular weight is 330 g/mol. The monoisotopic (exact) mass is 330 g/mol. The van der Waals surface area contributed by atoms with Crippen LogP contribution in [0.5, 0.6) is 0 Å². The highest BCUT2D eigenvalue weighted by atomic mass is 32.1. The van der Waals surface area contributed by atoms with E-state index in [0.717, 1.165) is 50.7 Å². The van der Waals surface area contributed by atoms with E-state index < -0.39 is 0 Å². The molecule has 5 nitrogen and oxygen atoms in total. The van der Waals surface area contributed by atoms with Crippen LogP contribution in [0.15, 0.2) is 41.9 Å². The molecule has 0 saturated carbocycles. The predicted octanol–water partition coefficient (Wildman–Crippen LogP) is 2.61. The Morgan fingerprint density at radius 1 is 1.17 bits per heavy atom. The normalized spacial score (nSPS) is 14.8. The van der Waals surface area contributed by atoms with Gasteiger partial charge in [-0.3, -0.25) is 0 Å². The largest absolute Gasteiger partial charge is 0.345 e. The molecule has 2 aromatic rings. The third kappa shape index (κ3) is 4.45. The number of carbonyl (C=O) groups excluding carboxylic acids is 1. The molecule has 122 valence electrons. The first-order valence-corrected chi connectivity index (χ1v) is 8.92. The molecular formula is C17H22N4OS. The lowest BCUT2D eigenvalue weighted by Gasteiger charge is -2.34. The van der Waals surface area contributed by atoms with Gasteiger partial charge in [0.2, 0.25) is 0 Å². The maximum atomic E-state index is 12.2. The van der Waals surface area contributed by atoms with Gasteiger partial charge in [0.1, 0.15) is 0 Å². The number of rotatable bonds is 5. The first-order valence-electron chi connectivity index (χ1n) is 8.04. The Morgan fingerprint density at radius 3 is 2.65 bits per heavy atom. The predicted molar refractivity (Wildman–Crippen MR) is 94.1 cm³/mol. The van der Waals surface area contributed by atoms with E-state index >= 15 is 0 Å². The number of nitrogens with zero attached hydrogens (tertiary/aromatic N) is 3. The van der Waals surface area contributed by atoms with Gasteiger partial charge in [-0.2, -0.15) is 0 Å². The van der Waals surface area contributed by atoms with E-state index in [1.807, 2.05) is 22.5 Å². The van der Waals surface area contributed by atoms with E-state index in [2.05, 4.69) is 39.5 Å². The summed E-state index contributed by atoms with van der Waals surface area (Å²) in [5.74, 6) is 0. The van der Waals surface area contributed by atoms with Gasteiger partial charge in [0.25, 0.3) is 0 Å². The van der Waals surface area contributed by atoms with Crippen LogP contribution in [0, 0.1) is 0 Å². The zero-order valence-electron chi connectivity index (χ0n) is 13.1. The lowest BCUT2D eigenvalue weighted by atomic mass is 10.1. The Labute approximate surface area is 140 Å². The van der Waals surface area contributed by atoms with E-state index in [9.17, 15) is 4.79 Å². The van der Waals surface area contributed by atoms with Gasteiger partial charge in [0.05, 0.1) is 0 Å². The number of nitrogens with one attached hydrogen (secondary N) is 1. The van der Waals surface area contributed by atoms with Crippen molar-refractivity contribution in [3.63, 3.8) is 0 Å².